The maximum atomic E-state index is 13.0. The van der Waals surface area contributed by atoms with Crippen LogP contribution in [0.3, 0.4) is 0 Å². The fraction of sp³-hybridized carbons (Fsp3) is 0.478. The number of carbonyl (C=O) groups is 1. The normalized spacial score (nSPS) is 16.6. The van der Waals surface area contributed by atoms with Gasteiger partial charge < -0.3 is 10.2 Å². The molecule has 1 aliphatic heterocycles. The molecule has 0 aliphatic carbocycles. The Hall–Kier alpha value is -3.16. The standard InChI is InChI=1S/C23H30N6O2/c1-15-7-9-18(10-8-15)14-24-22-26-23-25-17(3)19(21(31)29(23)27-22)11-12-20(30)28-13-5-4-6-16(28)2/h7-10,16H,4-6,11-14H2,1-3H3,(H2,24,25,26,27)/t16-/m0/s1. The first-order valence-corrected chi connectivity index (χ1v) is 11.0. The van der Waals surface area contributed by atoms with E-state index in [1.165, 1.54) is 16.5 Å². The van der Waals surface area contributed by atoms with E-state index in [2.05, 4.69) is 58.5 Å². The number of H-pyrrole nitrogens is 1. The maximum absolute atomic E-state index is 13.0. The van der Waals surface area contributed by atoms with E-state index in [1.54, 1.807) is 6.92 Å². The number of carbonyl (C=O) groups excluding carboxylic acids is 1. The maximum Gasteiger partial charge on any atom is 0.277 e. The summed E-state index contributed by atoms with van der Waals surface area (Å²) in [6.07, 6.45) is 3.98. The first kappa shape index (κ1) is 21.1. The van der Waals surface area contributed by atoms with Crippen LogP contribution in [0.1, 0.15) is 55.0 Å². The van der Waals surface area contributed by atoms with Crippen molar-refractivity contribution in [1.29, 1.82) is 0 Å². The second-order valence-electron chi connectivity index (χ2n) is 8.46. The van der Waals surface area contributed by atoms with Crippen LogP contribution in [0.15, 0.2) is 29.1 Å². The lowest BCUT2D eigenvalue weighted by molar-refractivity contribution is -0.134. The molecule has 3 heterocycles. The van der Waals surface area contributed by atoms with Gasteiger partial charge in [-0.05, 0) is 52.0 Å². The Bertz CT molecular complexity index is 1130. The first-order chi connectivity index (χ1) is 14.9. The summed E-state index contributed by atoms with van der Waals surface area (Å²) in [5.41, 5.74) is 3.32. The van der Waals surface area contributed by atoms with E-state index in [0.717, 1.165) is 24.9 Å². The summed E-state index contributed by atoms with van der Waals surface area (Å²) < 4.78 is 1.35. The van der Waals surface area contributed by atoms with E-state index in [1.807, 2.05) is 4.90 Å². The first-order valence-electron chi connectivity index (χ1n) is 11.0. The lowest BCUT2D eigenvalue weighted by Gasteiger charge is -2.33. The molecule has 31 heavy (non-hydrogen) atoms. The van der Waals surface area contributed by atoms with Crippen molar-refractivity contribution < 1.29 is 4.79 Å². The molecule has 4 rings (SSSR count). The van der Waals surface area contributed by atoms with Crippen LogP contribution in [0, 0.1) is 13.8 Å². The third-order valence-corrected chi connectivity index (χ3v) is 6.09. The quantitative estimate of drug-likeness (QED) is 0.637. The molecule has 2 aromatic heterocycles. The van der Waals surface area contributed by atoms with Gasteiger partial charge in [-0.3, -0.25) is 14.7 Å². The third-order valence-electron chi connectivity index (χ3n) is 6.09. The van der Waals surface area contributed by atoms with Crippen molar-refractivity contribution in [3.8, 4) is 0 Å². The number of nitrogens with zero attached hydrogens (tertiary/aromatic N) is 4. The number of nitrogens with one attached hydrogen (secondary N) is 2. The van der Waals surface area contributed by atoms with Gasteiger partial charge >= 0.3 is 0 Å². The van der Waals surface area contributed by atoms with Gasteiger partial charge in [0.2, 0.25) is 11.9 Å². The molecular formula is C23H30N6O2. The van der Waals surface area contributed by atoms with Gasteiger partial charge in [-0.15, -0.1) is 0 Å². The number of rotatable bonds is 6. The van der Waals surface area contributed by atoms with Crippen molar-refractivity contribution >= 4 is 17.6 Å². The highest BCUT2D eigenvalue weighted by molar-refractivity contribution is 5.76. The zero-order valence-electron chi connectivity index (χ0n) is 18.4. The molecule has 2 N–H and O–H groups in total. The predicted octanol–water partition coefficient (Wildman–Crippen LogP) is 2.98. The van der Waals surface area contributed by atoms with Gasteiger partial charge in [0.05, 0.1) is 5.69 Å². The van der Waals surface area contributed by atoms with E-state index in [9.17, 15) is 9.59 Å². The Morgan fingerprint density at radius 3 is 2.71 bits per heavy atom. The molecular weight excluding hydrogens is 392 g/mol. The van der Waals surface area contributed by atoms with E-state index in [4.69, 9.17) is 0 Å². The Morgan fingerprint density at radius 2 is 1.97 bits per heavy atom. The van der Waals surface area contributed by atoms with Gasteiger partial charge in [-0.25, -0.2) is 4.98 Å². The van der Waals surface area contributed by atoms with Gasteiger partial charge in [0.1, 0.15) is 0 Å². The van der Waals surface area contributed by atoms with Crippen molar-refractivity contribution in [2.24, 2.45) is 0 Å². The van der Waals surface area contributed by atoms with Crippen LogP contribution in [0.5, 0.6) is 0 Å². The summed E-state index contributed by atoms with van der Waals surface area (Å²) in [7, 11) is 0. The molecule has 0 saturated carbocycles. The number of aryl methyl sites for hydroxylation is 2. The number of piperidine rings is 1. The number of hydrogen-bond acceptors (Lipinski definition) is 5. The summed E-state index contributed by atoms with van der Waals surface area (Å²) in [6, 6.07) is 8.50. The van der Waals surface area contributed by atoms with Crippen LogP contribution in [-0.4, -0.2) is 43.0 Å². The summed E-state index contributed by atoms with van der Waals surface area (Å²) in [5, 5.41) is 6.20. The zero-order valence-corrected chi connectivity index (χ0v) is 18.4. The third kappa shape index (κ3) is 4.62. The average molecular weight is 423 g/mol. The molecule has 0 unspecified atom stereocenters. The summed E-state index contributed by atoms with van der Waals surface area (Å²) >= 11 is 0. The minimum atomic E-state index is -0.196. The van der Waals surface area contributed by atoms with Crippen LogP contribution >= 0.6 is 0 Å². The summed E-state index contributed by atoms with van der Waals surface area (Å²) in [4.78, 5) is 36.5. The van der Waals surface area contributed by atoms with Crippen LogP contribution < -0.4 is 10.9 Å². The minimum absolute atomic E-state index is 0.112. The highest BCUT2D eigenvalue weighted by atomic mass is 16.2. The lowest BCUT2D eigenvalue weighted by atomic mass is 10.0. The molecule has 1 fully saturated rings. The van der Waals surface area contributed by atoms with Gasteiger partial charge in [0, 0.05) is 31.1 Å². The average Bonchev–Trinajstić information content (AvgIpc) is 3.16. The largest absolute Gasteiger partial charge is 0.351 e. The number of aromatic amines is 1. The molecule has 164 valence electrons. The molecule has 1 saturated heterocycles. The Balaban J connectivity index is 1.47. The molecule has 3 aromatic rings. The topological polar surface area (TPSA) is 95.4 Å². The minimum Gasteiger partial charge on any atom is -0.351 e. The number of likely N-dealkylation sites (tertiary alicyclic amines) is 1. The van der Waals surface area contributed by atoms with E-state index >= 15 is 0 Å². The van der Waals surface area contributed by atoms with Crippen molar-refractivity contribution in [3.63, 3.8) is 0 Å². The summed E-state index contributed by atoms with van der Waals surface area (Å²) in [6.45, 7) is 7.35. The van der Waals surface area contributed by atoms with E-state index < -0.39 is 0 Å². The summed E-state index contributed by atoms with van der Waals surface area (Å²) in [5.74, 6) is 0.926. The van der Waals surface area contributed by atoms with Crippen LogP contribution in [0.4, 0.5) is 5.95 Å². The molecule has 1 atom stereocenters. The predicted molar refractivity (Wildman–Crippen MR) is 120 cm³/mol. The Labute approximate surface area is 181 Å². The second kappa shape index (κ2) is 8.91. The van der Waals surface area contributed by atoms with Crippen LogP contribution in [0.2, 0.25) is 0 Å². The molecule has 0 radical (unpaired) electrons. The van der Waals surface area contributed by atoms with Gasteiger partial charge in [-0.1, -0.05) is 29.8 Å². The van der Waals surface area contributed by atoms with Crippen molar-refractivity contribution in [2.45, 2.75) is 65.5 Å². The van der Waals surface area contributed by atoms with Crippen molar-refractivity contribution in [3.05, 3.63) is 57.0 Å². The SMILES string of the molecule is Cc1ccc(CNc2nc3nc(C)c(CCC(=O)N4CCCC[C@@H]4C)c(=O)n3[nH]2)cc1. The number of benzene rings is 1. The van der Waals surface area contributed by atoms with E-state index in [-0.39, 0.29) is 17.5 Å². The number of anilines is 1. The second-order valence-corrected chi connectivity index (χ2v) is 8.46. The number of amides is 1. The molecule has 0 bridgehead atoms. The Kier molecular flexibility index (Phi) is 6.06. The fourth-order valence-corrected chi connectivity index (χ4v) is 4.16. The number of hydrogen-bond donors (Lipinski definition) is 2. The Morgan fingerprint density at radius 1 is 1.19 bits per heavy atom. The fourth-order valence-electron chi connectivity index (χ4n) is 4.16. The molecule has 8 nitrogen and oxygen atoms in total. The monoisotopic (exact) mass is 422 g/mol. The number of aromatic nitrogens is 4. The van der Waals surface area contributed by atoms with E-state index in [0.29, 0.717) is 42.4 Å². The highest BCUT2D eigenvalue weighted by Gasteiger charge is 2.23. The van der Waals surface area contributed by atoms with Gasteiger partial charge in [0.15, 0.2) is 0 Å². The van der Waals surface area contributed by atoms with Crippen molar-refractivity contribution in [1.82, 2.24) is 24.5 Å². The molecule has 8 heteroatoms. The molecule has 1 amide bonds. The molecule has 0 spiro atoms. The van der Waals surface area contributed by atoms with Gasteiger partial charge in [0.25, 0.3) is 11.3 Å². The van der Waals surface area contributed by atoms with Crippen LogP contribution in [0.25, 0.3) is 5.78 Å². The highest BCUT2D eigenvalue weighted by Crippen LogP contribution is 2.18. The molecule has 1 aromatic carbocycles. The molecule has 1 aliphatic rings. The zero-order chi connectivity index (χ0) is 22.0. The number of fused-ring (bicyclic) bond motifs is 1. The lowest BCUT2D eigenvalue weighted by Crippen LogP contribution is -2.42. The van der Waals surface area contributed by atoms with Crippen molar-refractivity contribution in [2.75, 3.05) is 11.9 Å². The van der Waals surface area contributed by atoms with Crippen LogP contribution in [-0.2, 0) is 17.8 Å². The smallest absolute Gasteiger partial charge is 0.277 e. The van der Waals surface area contributed by atoms with Gasteiger partial charge in [-0.2, -0.15) is 9.50 Å².